The minimum atomic E-state index is -2.90. The maximum atomic E-state index is 12.6. The quantitative estimate of drug-likeness (QED) is 0.599. The zero-order valence-corrected chi connectivity index (χ0v) is 14.5. The Morgan fingerprint density at radius 2 is 2.12 bits per heavy atom. The molecule has 1 heterocycles. The standard InChI is InChI=1S/C16H23F2N3O2S/c1-2-7-22-13-4-3-12(14(10-13)23-15(17)18)11-20-16(19)21-5-8-24-9-6-21/h3-4,10,15H,2,5-9,11H2,1H3,(H2,19,20). The molecule has 0 radical (unpaired) electrons. The van der Waals surface area contributed by atoms with E-state index in [0.717, 1.165) is 31.0 Å². The topological polar surface area (TPSA) is 60.1 Å². The molecule has 0 saturated carbocycles. The molecule has 1 aliphatic rings. The smallest absolute Gasteiger partial charge is 0.387 e. The largest absolute Gasteiger partial charge is 0.493 e. The Bertz CT molecular complexity index is 552. The van der Waals surface area contributed by atoms with E-state index < -0.39 is 6.61 Å². The van der Waals surface area contributed by atoms with Gasteiger partial charge in [0.25, 0.3) is 0 Å². The summed E-state index contributed by atoms with van der Waals surface area (Å²) in [6.45, 7) is 1.48. The summed E-state index contributed by atoms with van der Waals surface area (Å²) in [5, 5.41) is 0. The molecule has 0 aromatic heterocycles. The van der Waals surface area contributed by atoms with E-state index in [1.165, 1.54) is 6.07 Å². The van der Waals surface area contributed by atoms with Crippen LogP contribution < -0.4 is 15.2 Å². The van der Waals surface area contributed by atoms with Crippen LogP contribution in [0.5, 0.6) is 11.5 Å². The van der Waals surface area contributed by atoms with Gasteiger partial charge >= 0.3 is 6.61 Å². The minimum absolute atomic E-state index is 0.0735. The average Bonchev–Trinajstić information content (AvgIpc) is 2.59. The van der Waals surface area contributed by atoms with E-state index in [9.17, 15) is 8.78 Å². The lowest BCUT2D eigenvalue weighted by Crippen LogP contribution is -2.42. The summed E-state index contributed by atoms with van der Waals surface area (Å²) in [5.41, 5.74) is 6.55. The Balaban J connectivity index is 2.09. The molecule has 1 saturated heterocycles. The number of ether oxygens (including phenoxy) is 2. The molecule has 0 atom stereocenters. The van der Waals surface area contributed by atoms with Gasteiger partial charge in [-0.1, -0.05) is 6.92 Å². The summed E-state index contributed by atoms with van der Waals surface area (Å²) in [7, 11) is 0. The fourth-order valence-corrected chi connectivity index (χ4v) is 3.14. The number of guanidine groups is 1. The molecule has 1 aromatic rings. The predicted octanol–water partition coefficient (Wildman–Crippen LogP) is 2.94. The third-order valence-corrected chi connectivity index (χ3v) is 4.42. The molecule has 0 spiro atoms. The van der Waals surface area contributed by atoms with Crippen molar-refractivity contribution in [2.75, 3.05) is 31.2 Å². The highest BCUT2D eigenvalue weighted by molar-refractivity contribution is 7.99. The van der Waals surface area contributed by atoms with E-state index in [2.05, 4.69) is 9.73 Å². The monoisotopic (exact) mass is 359 g/mol. The van der Waals surface area contributed by atoms with Gasteiger partial charge in [-0.25, -0.2) is 4.99 Å². The SMILES string of the molecule is CCCOc1ccc(CN=C(N)N2CCSCC2)c(OC(F)F)c1. The van der Waals surface area contributed by atoms with Crippen molar-refractivity contribution in [2.45, 2.75) is 26.5 Å². The number of benzene rings is 1. The first-order chi connectivity index (χ1) is 11.6. The van der Waals surface area contributed by atoms with Crippen molar-refractivity contribution in [3.05, 3.63) is 23.8 Å². The number of nitrogens with zero attached hydrogens (tertiary/aromatic N) is 2. The fraction of sp³-hybridized carbons (Fsp3) is 0.562. The van der Waals surface area contributed by atoms with E-state index in [-0.39, 0.29) is 12.3 Å². The van der Waals surface area contributed by atoms with Gasteiger partial charge in [0.2, 0.25) is 0 Å². The number of hydrogen-bond donors (Lipinski definition) is 1. The Morgan fingerprint density at radius 3 is 2.79 bits per heavy atom. The van der Waals surface area contributed by atoms with Crippen molar-refractivity contribution >= 4 is 17.7 Å². The number of aliphatic imine (C=N–C) groups is 1. The van der Waals surface area contributed by atoms with Crippen LogP contribution in [0.15, 0.2) is 23.2 Å². The molecule has 2 rings (SSSR count). The number of hydrogen-bond acceptors (Lipinski definition) is 4. The van der Waals surface area contributed by atoms with Crippen LogP contribution in [0.4, 0.5) is 8.78 Å². The zero-order valence-electron chi connectivity index (χ0n) is 13.7. The van der Waals surface area contributed by atoms with Crippen molar-refractivity contribution in [1.82, 2.24) is 4.90 Å². The molecule has 5 nitrogen and oxygen atoms in total. The summed E-state index contributed by atoms with van der Waals surface area (Å²) in [4.78, 5) is 6.33. The van der Waals surface area contributed by atoms with Crippen LogP contribution in [0.2, 0.25) is 0 Å². The summed E-state index contributed by atoms with van der Waals surface area (Å²) in [6.07, 6.45) is 0.835. The summed E-state index contributed by atoms with van der Waals surface area (Å²) < 4.78 is 35.3. The van der Waals surface area contributed by atoms with Crippen molar-refractivity contribution in [3.8, 4) is 11.5 Å². The lowest BCUT2D eigenvalue weighted by molar-refractivity contribution is -0.0505. The van der Waals surface area contributed by atoms with Crippen molar-refractivity contribution < 1.29 is 18.3 Å². The Morgan fingerprint density at radius 1 is 1.38 bits per heavy atom. The van der Waals surface area contributed by atoms with Gasteiger partial charge in [0.15, 0.2) is 5.96 Å². The first kappa shape index (κ1) is 18.6. The highest BCUT2D eigenvalue weighted by Gasteiger charge is 2.14. The van der Waals surface area contributed by atoms with E-state index in [4.69, 9.17) is 10.5 Å². The maximum Gasteiger partial charge on any atom is 0.387 e. The van der Waals surface area contributed by atoms with Crippen LogP contribution in [0.25, 0.3) is 0 Å². The highest BCUT2D eigenvalue weighted by Crippen LogP contribution is 2.27. The molecular formula is C16H23F2N3O2S. The van der Waals surface area contributed by atoms with Crippen LogP contribution in [0.3, 0.4) is 0 Å². The number of thioether (sulfide) groups is 1. The van der Waals surface area contributed by atoms with Gasteiger partial charge in [-0.3, -0.25) is 0 Å². The van der Waals surface area contributed by atoms with Crippen molar-refractivity contribution in [2.24, 2.45) is 10.7 Å². The molecule has 2 N–H and O–H groups in total. The van der Waals surface area contributed by atoms with Crippen LogP contribution in [-0.4, -0.2) is 48.7 Å². The molecule has 1 aromatic carbocycles. The van der Waals surface area contributed by atoms with Crippen LogP contribution in [-0.2, 0) is 6.54 Å². The number of alkyl halides is 2. The summed E-state index contributed by atoms with van der Waals surface area (Å²) >= 11 is 1.88. The molecular weight excluding hydrogens is 336 g/mol. The first-order valence-corrected chi connectivity index (χ1v) is 9.08. The molecule has 0 bridgehead atoms. The van der Waals surface area contributed by atoms with Crippen LogP contribution in [0, 0.1) is 0 Å². The normalized spacial score (nSPS) is 15.7. The second-order valence-corrected chi connectivity index (χ2v) is 6.50. The third-order valence-electron chi connectivity index (χ3n) is 3.47. The van der Waals surface area contributed by atoms with Gasteiger partial charge in [0, 0.05) is 36.2 Å². The molecule has 24 heavy (non-hydrogen) atoms. The van der Waals surface area contributed by atoms with E-state index >= 15 is 0 Å². The van der Waals surface area contributed by atoms with Gasteiger partial charge in [-0.05, 0) is 18.6 Å². The Labute approximate surface area is 145 Å². The molecule has 1 aliphatic heterocycles. The molecule has 0 aliphatic carbocycles. The predicted molar refractivity (Wildman–Crippen MR) is 93.1 cm³/mol. The number of nitrogens with two attached hydrogens (primary N) is 1. The van der Waals surface area contributed by atoms with Crippen molar-refractivity contribution in [1.29, 1.82) is 0 Å². The molecule has 1 fully saturated rings. The average molecular weight is 359 g/mol. The lowest BCUT2D eigenvalue weighted by atomic mass is 10.2. The molecule has 0 amide bonds. The molecule has 134 valence electrons. The van der Waals surface area contributed by atoms with E-state index in [0.29, 0.717) is 23.9 Å². The van der Waals surface area contributed by atoms with Gasteiger partial charge < -0.3 is 20.1 Å². The highest BCUT2D eigenvalue weighted by atomic mass is 32.2. The lowest BCUT2D eigenvalue weighted by Gasteiger charge is -2.27. The second kappa shape index (κ2) is 9.56. The van der Waals surface area contributed by atoms with Crippen LogP contribution >= 0.6 is 11.8 Å². The van der Waals surface area contributed by atoms with Crippen LogP contribution in [0.1, 0.15) is 18.9 Å². The Kier molecular flexibility index (Phi) is 7.42. The van der Waals surface area contributed by atoms with Gasteiger partial charge in [-0.15, -0.1) is 0 Å². The van der Waals surface area contributed by atoms with E-state index in [1.807, 2.05) is 23.6 Å². The molecule has 0 unspecified atom stereocenters. The van der Waals surface area contributed by atoms with E-state index in [1.54, 1.807) is 12.1 Å². The Hall–Kier alpha value is -1.70. The minimum Gasteiger partial charge on any atom is -0.493 e. The summed E-state index contributed by atoms with van der Waals surface area (Å²) in [6, 6.07) is 4.89. The van der Waals surface area contributed by atoms with Crippen molar-refractivity contribution in [3.63, 3.8) is 0 Å². The first-order valence-electron chi connectivity index (χ1n) is 7.93. The molecule has 8 heteroatoms. The zero-order chi connectivity index (χ0) is 17.4. The number of rotatable bonds is 7. The van der Waals surface area contributed by atoms with Gasteiger partial charge in [0.1, 0.15) is 11.5 Å². The summed E-state index contributed by atoms with van der Waals surface area (Å²) in [5.74, 6) is 3.04. The third kappa shape index (κ3) is 5.74. The second-order valence-electron chi connectivity index (χ2n) is 5.27. The van der Waals surface area contributed by atoms with Gasteiger partial charge in [0.05, 0.1) is 13.2 Å². The maximum absolute atomic E-state index is 12.6. The van der Waals surface area contributed by atoms with Gasteiger partial charge in [-0.2, -0.15) is 20.5 Å². The number of halogens is 2. The fourth-order valence-electron chi connectivity index (χ4n) is 2.24.